The fourth-order valence-corrected chi connectivity index (χ4v) is 1.85. The van der Waals surface area contributed by atoms with Crippen LogP contribution in [0.5, 0.6) is 5.75 Å². The van der Waals surface area contributed by atoms with Gasteiger partial charge in [-0.25, -0.2) is 4.52 Å². The lowest BCUT2D eigenvalue weighted by Crippen LogP contribution is -1.94. The Morgan fingerprint density at radius 3 is 2.47 bits per heavy atom. The van der Waals surface area contributed by atoms with E-state index in [9.17, 15) is 4.57 Å². The van der Waals surface area contributed by atoms with Crippen molar-refractivity contribution < 1.29 is 14.0 Å². The van der Waals surface area contributed by atoms with E-state index in [2.05, 4.69) is 12.7 Å². The molecule has 0 saturated heterocycles. The summed E-state index contributed by atoms with van der Waals surface area (Å²) < 4.78 is 15.4. The highest BCUT2D eigenvalue weighted by molar-refractivity contribution is 7.32. The average molecular weight is 255 g/mol. The van der Waals surface area contributed by atoms with Gasteiger partial charge in [0.15, 0.2) is 11.9 Å². The Morgan fingerprint density at radius 1 is 1.47 bits per heavy atom. The van der Waals surface area contributed by atoms with Crippen LogP contribution in [0.3, 0.4) is 0 Å². The van der Waals surface area contributed by atoms with Crippen LogP contribution in [0.4, 0.5) is 0 Å². The van der Waals surface area contributed by atoms with Gasteiger partial charge in [0.25, 0.3) is 0 Å². The second-order valence-corrected chi connectivity index (χ2v) is 3.72. The van der Waals surface area contributed by atoms with Crippen molar-refractivity contribution >= 4 is 8.25 Å². The van der Waals surface area contributed by atoms with Crippen molar-refractivity contribution in [2.45, 2.75) is 26.7 Å². The van der Waals surface area contributed by atoms with Gasteiger partial charge < -0.3 is 5.73 Å². The normalized spacial score (nSPS) is 9.65. The van der Waals surface area contributed by atoms with Crippen LogP contribution in [0.25, 0.3) is 0 Å². The maximum atomic E-state index is 10.6. The molecule has 0 fully saturated rings. The minimum atomic E-state index is -2.57. The fourth-order valence-electron chi connectivity index (χ4n) is 1.51. The fraction of sp³-hybridized carbons (Fsp3) is 0.364. The minimum Gasteiger partial charge on any atom is -0.337 e. The van der Waals surface area contributed by atoms with E-state index in [1.807, 2.05) is 19.1 Å². The van der Waals surface area contributed by atoms with Gasteiger partial charge in [-0.05, 0) is 24.5 Å². The average Bonchev–Trinajstić information content (AvgIpc) is 2.29. The van der Waals surface area contributed by atoms with E-state index in [1.165, 1.54) is 11.8 Å². The van der Waals surface area contributed by atoms with Gasteiger partial charge in [0, 0.05) is 10.1 Å². The molecule has 0 heterocycles. The van der Waals surface area contributed by atoms with Gasteiger partial charge in [-0.3, -0.25) is 0 Å². The second-order valence-electron chi connectivity index (χ2n) is 3.06. The Labute approximate surface area is 102 Å². The van der Waals surface area contributed by atoms with E-state index >= 15 is 0 Å². The van der Waals surface area contributed by atoms with E-state index in [4.69, 9.17) is 14.7 Å². The summed E-state index contributed by atoms with van der Waals surface area (Å²) in [6.45, 7) is 4.06. The molecule has 1 atom stereocenters. The van der Waals surface area contributed by atoms with Crippen LogP contribution in [-0.4, -0.2) is 4.89 Å². The summed E-state index contributed by atoms with van der Waals surface area (Å²) in [5.41, 5.74) is 6.34. The van der Waals surface area contributed by atoms with E-state index in [-0.39, 0.29) is 0 Å². The van der Waals surface area contributed by atoms with Gasteiger partial charge in [0.05, 0.1) is 0 Å². The maximum Gasteiger partial charge on any atom is 0.747 e. The summed E-state index contributed by atoms with van der Waals surface area (Å²) in [5.74, 6) is 0.524. The summed E-state index contributed by atoms with van der Waals surface area (Å²) in [5, 5.41) is 7.10. The molecule has 0 bridgehead atoms. The van der Waals surface area contributed by atoms with E-state index < -0.39 is 8.25 Å². The summed E-state index contributed by atoms with van der Waals surface area (Å²) in [4.78, 5) is 8.68. The number of nitrogens with zero attached hydrogens (tertiary/aromatic N) is 1. The van der Waals surface area contributed by atoms with Gasteiger partial charge in [-0.15, -0.1) is 4.89 Å². The summed E-state index contributed by atoms with van der Waals surface area (Å²) >= 11 is 0. The van der Waals surface area contributed by atoms with Crippen LogP contribution < -0.4 is 10.3 Å². The molecule has 92 valence electrons. The van der Waals surface area contributed by atoms with Crippen LogP contribution >= 0.6 is 8.25 Å². The molecule has 1 unspecified atom stereocenters. The first kappa shape index (κ1) is 15.4. The zero-order valence-electron chi connectivity index (χ0n) is 9.88. The summed E-state index contributed by atoms with van der Waals surface area (Å²) in [6.07, 6.45) is 2.96. The molecule has 0 spiro atoms. The van der Waals surface area contributed by atoms with E-state index in [0.29, 0.717) is 5.75 Å². The monoisotopic (exact) mass is 255 g/mol. The predicted octanol–water partition coefficient (Wildman–Crippen LogP) is 2.27. The standard InChI is InChI=1S/C10H13O3P.CH2N2/c1-3-8-6-5-7-10(9(8)4-2)13-14(11)12;2-1-3/h5-7H,3-4H2,1-2H3;2H2/p+1. The Morgan fingerprint density at radius 2 is 2.06 bits per heavy atom. The Bertz CT molecular complexity index is 416. The molecular weight excluding hydrogens is 239 g/mol. The van der Waals surface area contributed by atoms with Crippen molar-refractivity contribution in [1.82, 2.24) is 0 Å². The zero-order valence-corrected chi connectivity index (χ0v) is 10.8. The van der Waals surface area contributed by atoms with E-state index in [0.717, 1.165) is 18.4 Å². The van der Waals surface area contributed by atoms with E-state index in [1.54, 1.807) is 6.07 Å². The van der Waals surface area contributed by atoms with Crippen molar-refractivity contribution in [2.24, 2.45) is 5.73 Å². The third kappa shape index (κ3) is 5.30. The molecule has 0 saturated carbocycles. The molecule has 0 aliphatic rings. The first-order valence-electron chi connectivity index (χ1n) is 5.15. The highest BCUT2D eigenvalue weighted by atomic mass is 31.1. The third-order valence-corrected chi connectivity index (χ3v) is 2.49. The lowest BCUT2D eigenvalue weighted by Gasteiger charge is -2.06. The maximum absolute atomic E-state index is 10.6. The van der Waals surface area contributed by atoms with Crippen molar-refractivity contribution in [3.63, 3.8) is 0 Å². The Hall–Kier alpha value is -1.63. The smallest absolute Gasteiger partial charge is 0.337 e. The molecule has 0 aliphatic carbocycles. The van der Waals surface area contributed by atoms with Crippen LogP contribution in [-0.2, 0) is 17.4 Å². The second kappa shape index (κ2) is 8.51. The topological polar surface area (TPSA) is 96.3 Å². The highest BCUT2D eigenvalue weighted by Gasteiger charge is 2.18. The number of benzene rings is 1. The number of nitrogens with two attached hydrogens (primary N) is 1. The van der Waals surface area contributed by atoms with Crippen molar-refractivity contribution in [1.29, 1.82) is 5.26 Å². The Kier molecular flexibility index (Phi) is 7.70. The lowest BCUT2D eigenvalue weighted by molar-refractivity contribution is 0.408. The molecule has 0 aliphatic heterocycles. The first-order valence-corrected chi connectivity index (χ1v) is 6.28. The molecule has 0 amide bonds. The van der Waals surface area contributed by atoms with Gasteiger partial charge in [0.1, 0.15) is 0 Å². The zero-order chi connectivity index (χ0) is 13.3. The molecular formula is C11H16N2O3P+. The van der Waals surface area contributed by atoms with Crippen molar-refractivity contribution in [3.05, 3.63) is 29.3 Å². The minimum absolute atomic E-state index is 0.524. The number of rotatable bonds is 4. The van der Waals surface area contributed by atoms with Gasteiger partial charge in [-0.1, -0.05) is 26.0 Å². The number of aryl methyl sites for hydroxylation is 1. The largest absolute Gasteiger partial charge is 0.747 e. The van der Waals surface area contributed by atoms with Gasteiger partial charge >= 0.3 is 8.25 Å². The molecule has 3 N–H and O–H groups in total. The Balaban J connectivity index is 0.000000770. The van der Waals surface area contributed by atoms with Crippen LogP contribution in [0.15, 0.2) is 18.2 Å². The van der Waals surface area contributed by atoms with Gasteiger partial charge in [0.2, 0.25) is 0 Å². The number of nitriles is 1. The highest BCUT2D eigenvalue weighted by Crippen LogP contribution is 2.29. The van der Waals surface area contributed by atoms with Crippen LogP contribution in [0.2, 0.25) is 0 Å². The van der Waals surface area contributed by atoms with Crippen molar-refractivity contribution in [3.8, 4) is 11.9 Å². The van der Waals surface area contributed by atoms with Crippen LogP contribution in [0.1, 0.15) is 25.0 Å². The number of hydrogen-bond donors (Lipinski definition) is 2. The summed E-state index contributed by atoms with van der Waals surface area (Å²) in [6, 6.07) is 5.57. The molecule has 1 aromatic carbocycles. The molecule has 6 heteroatoms. The quantitative estimate of drug-likeness (QED) is 0.488. The molecule has 5 nitrogen and oxygen atoms in total. The molecule has 0 aromatic heterocycles. The number of hydrogen-bond acceptors (Lipinski definition) is 4. The molecule has 17 heavy (non-hydrogen) atoms. The first-order chi connectivity index (χ1) is 8.10. The lowest BCUT2D eigenvalue weighted by atomic mass is 10.0. The summed E-state index contributed by atoms with van der Waals surface area (Å²) in [7, 11) is -2.57. The van der Waals surface area contributed by atoms with Crippen molar-refractivity contribution in [2.75, 3.05) is 0 Å². The molecule has 0 radical (unpaired) electrons. The van der Waals surface area contributed by atoms with Gasteiger partial charge in [-0.2, -0.15) is 5.26 Å². The molecule has 1 rings (SSSR count). The molecule has 1 aromatic rings. The predicted molar refractivity (Wildman–Crippen MR) is 65.5 cm³/mol. The third-order valence-electron chi connectivity index (χ3n) is 2.14. The SMILES string of the molecule is CCc1cccc(O[P+](=O)O)c1CC.N#CN. The van der Waals surface area contributed by atoms with Crippen LogP contribution in [0, 0.1) is 11.5 Å².